The lowest BCUT2D eigenvalue weighted by Crippen LogP contribution is -2.59. The Bertz CT molecular complexity index is 2800. The molecule has 9 amide bonds. The highest BCUT2D eigenvalue weighted by Gasteiger charge is 2.40. The van der Waals surface area contributed by atoms with Gasteiger partial charge in [0, 0.05) is 31.4 Å². The predicted molar refractivity (Wildman–Crippen MR) is 308 cm³/mol. The van der Waals surface area contributed by atoms with Gasteiger partial charge in [-0.25, -0.2) is 4.79 Å². The van der Waals surface area contributed by atoms with Gasteiger partial charge in [-0.3, -0.25) is 68.4 Å². The Morgan fingerprint density at radius 3 is 1.87 bits per heavy atom. The number of nitrogens with one attached hydrogen (secondary N) is 8. The van der Waals surface area contributed by atoms with Crippen molar-refractivity contribution in [2.45, 2.75) is 141 Å². The number of nitro groups is 2. The number of benzene rings is 2. The van der Waals surface area contributed by atoms with Crippen molar-refractivity contribution in [3.05, 3.63) is 68.3 Å². The summed E-state index contributed by atoms with van der Waals surface area (Å²) < 4.78 is 31.7. The lowest BCUT2D eigenvalue weighted by atomic mass is 10.0. The molecule has 3 rings (SSSR count). The molecule has 0 aliphatic carbocycles. The number of carboxylic acid groups (broad SMARTS) is 1. The SMILES string of the molecule is CC(C)C[C@H](NC(=O)CNC(=O)[C@H](CC(C)C)NC(=O)[C@@H]1CCCN1C(=O)[C@H](CCCCN)NC(=O)c1ccccc1N)C(=O)N[C@@H](CNc1ccc([N+](=O)[O-])cc1[N+](=O)[O-])C(=O)N[C@@H](C)C(=O)N[C@@H](CCCN=C(N)N)C(N)=O.O=C(O)C(F)(F)F. The fourth-order valence-electron chi connectivity index (χ4n) is 8.50. The van der Waals surface area contributed by atoms with E-state index in [0.29, 0.717) is 31.9 Å². The number of nitrogens with zero attached hydrogens (tertiary/aromatic N) is 4. The van der Waals surface area contributed by atoms with Gasteiger partial charge in [0.05, 0.1) is 28.0 Å². The van der Waals surface area contributed by atoms with Crippen molar-refractivity contribution in [3.63, 3.8) is 0 Å². The molecule has 19 N–H and O–H groups in total. The van der Waals surface area contributed by atoms with E-state index < -0.39 is 142 Å². The minimum absolute atomic E-state index is 0.0218. The molecular formula is C52H78F3N17O15. The molecule has 0 spiro atoms. The van der Waals surface area contributed by atoms with Crippen LogP contribution in [-0.2, 0) is 43.2 Å². The topological polar surface area (TPSA) is 519 Å². The number of likely N-dealkylation sites (tertiary alicyclic amines) is 1. The molecule has 482 valence electrons. The molecule has 7 atom stereocenters. The number of carboxylic acids is 1. The van der Waals surface area contributed by atoms with Gasteiger partial charge < -0.3 is 81.2 Å². The number of aliphatic carboxylic acids is 1. The maximum Gasteiger partial charge on any atom is 0.490 e. The fraction of sp³-hybridized carbons (Fsp3) is 0.558. The third-order valence-electron chi connectivity index (χ3n) is 12.8. The van der Waals surface area contributed by atoms with Gasteiger partial charge in [-0.2, -0.15) is 13.2 Å². The number of nitrogens with two attached hydrogens (primary N) is 5. The summed E-state index contributed by atoms with van der Waals surface area (Å²) in [6.07, 6.45) is -2.73. The van der Waals surface area contributed by atoms with Gasteiger partial charge in [-0.05, 0) is 101 Å². The van der Waals surface area contributed by atoms with Crippen LogP contribution in [0, 0.1) is 32.1 Å². The number of halogens is 3. The minimum Gasteiger partial charge on any atom is -0.475 e. The zero-order valence-corrected chi connectivity index (χ0v) is 48.6. The average Bonchev–Trinajstić information content (AvgIpc) is 2.51. The summed E-state index contributed by atoms with van der Waals surface area (Å²) in [4.78, 5) is 158. The Kier molecular flexibility index (Phi) is 30.3. The molecule has 0 unspecified atom stereocenters. The monoisotopic (exact) mass is 1240 g/mol. The number of aliphatic imine (C=N–C) groups is 1. The van der Waals surface area contributed by atoms with Crippen LogP contribution in [0.25, 0.3) is 0 Å². The normalized spacial score (nSPS) is 14.8. The van der Waals surface area contributed by atoms with Crippen molar-refractivity contribution in [2.24, 2.45) is 39.8 Å². The number of rotatable bonds is 33. The molecule has 0 saturated carbocycles. The summed E-state index contributed by atoms with van der Waals surface area (Å²) in [6.45, 7) is 7.67. The highest BCUT2D eigenvalue weighted by molar-refractivity contribution is 6.02. The maximum absolute atomic E-state index is 14.1. The zero-order valence-electron chi connectivity index (χ0n) is 48.6. The van der Waals surface area contributed by atoms with Crippen LogP contribution in [0.5, 0.6) is 0 Å². The van der Waals surface area contributed by atoms with Crippen LogP contribution in [0.15, 0.2) is 47.5 Å². The van der Waals surface area contributed by atoms with E-state index in [1.807, 2.05) is 0 Å². The largest absolute Gasteiger partial charge is 0.490 e. The Hall–Kier alpha value is -9.44. The number of unbranched alkanes of at least 4 members (excludes halogenated alkanes) is 1. The van der Waals surface area contributed by atoms with E-state index in [2.05, 4.69) is 47.5 Å². The first-order valence-corrected chi connectivity index (χ1v) is 27.4. The van der Waals surface area contributed by atoms with Crippen molar-refractivity contribution in [1.82, 2.24) is 42.1 Å². The molecule has 32 nitrogen and oxygen atoms in total. The summed E-state index contributed by atoms with van der Waals surface area (Å²) in [5, 5.41) is 51.0. The van der Waals surface area contributed by atoms with E-state index in [9.17, 15) is 76.6 Å². The fourth-order valence-corrected chi connectivity index (χ4v) is 8.50. The molecule has 35 heteroatoms. The van der Waals surface area contributed by atoms with Gasteiger partial charge >= 0.3 is 12.1 Å². The number of nitro benzene ring substituents is 2. The van der Waals surface area contributed by atoms with Gasteiger partial charge in [-0.1, -0.05) is 39.8 Å². The summed E-state index contributed by atoms with van der Waals surface area (Å²) in [7, 11) is 0. The van der Waals surface area contributed by atoms with E-state index in [-0.39, 0.29) is 86.3 Å². The van der Waals surface area contributed by atoms with Crippen LogP contribution in [0.4, 0.5) is 35.9 Å². The standard InChI is InChI=1S/C50H77N17O13.C2HF3O2/c1-27(2)22-36(63-48(75)39-16-11-21-65(39)49(76)35(14-8-9-19-51)62-44(71)31-12-6-7-13-32(31)52)45(72)58-26-41(68)60-37(23-28(3)4)46(73)64-38(25-57-33-18-17-30(66(77)78)24-40(33)67(79)80)47(74)59-29(5)43(70)61-34(42(53)69)15-10-20-56-50(54)55;3-2(4,5)1(6)7/h6-7,12-13,17-18,24,27-29,34-39,57H,8-11,14-16,19-23,25-26,51-52H2,1-5H3,(H2,53,69)(H,58,72)(H,59,74)(H,60,68)(H,61,70)(H,62,71)(H,63,75)(H,64,73)(H4,54,55,56);(H,6,7)/t29-,34-,35-,36-,37-,38-,39-;/m0./s1. The Balaban J connectivity index is 0.00000346. The van der Waals surface area contributed by atoms with Crippen molar-refractivity contribution in [3.8, 4) is 0 Å². The van der Waals surface area contributed by atoms with Gasteiger partial charge in [-0.15, -0.1) is 0 Å². The van der Waals surface area contributed by atoms with Crippen LogP contribution in [-0.4, -0.2) is 166 Å². The van der Waals surface area contributed by atoms with Gasteiger partial charge in [0.2, 0.25) is 47.3 Å². The Morgan fingerprint density at radius 1 is 0.736 bits per heavy atom. The lowest BCUT2D eigenvalue weighted by molar-refractivity contribution is -0.393. The van der Waals surface area contributed by atoms with Crippen LogP contribution < -0.4 is 71.2 Å². The predicted octanol–water partition coefficient (Wildman–Crippen LogP) is -0.760. The molecule has 1 aliphatic heterocycles. The minimum atomic E-state index is -5.08. The molecule has 0 bridgehead atoms. The molecular weight excluding hydrogens is 1160 g/mol. The second-order valence-electron chi connectivity index (χ2n) is 20.8. The first-order valence-electron chi connectivity index (χ1n) is 27.4. The molecule has 87 heavy (non-hydrogen) atoms. The summed E-state index contributed by atoms with van der Waals surface area (Å²) >= 11 is 0. The summed E-state index contributed by atoms with van der Waals surface area (Å²) in [5.41, 5.74) is 26.6. The van der Waals surface area contributed by atoms with Gasteiger partial charge in [0.15, 0.2) is 5.96 Å². The number of carbonyl (C=O) groups excluding carboxylic acids is 9. The first-order chi connectivity index (χ1) is 40.7. The van der Waals surface area contributed by atoms with Crippen LogP contribution in [0.3, 0.4) is 0 Å². The van der Waals surface area contributed by atoms with Crippen molar-refractivity contribution in [2.75, 3.05) is 43.8 Å². The molecule has 0 aromatic heterocycles. The molecule has 1 saturated heterocycles. The maximum atomic E-state index is 14.1. The molecule has 0 radical (unpaired) electrons. The third-order valence-corrected chi connectivity index (χ3v) is 12.8. The van der Waals surface area contributed by atoms with E-state index >= 15 is 0 Å². The van der Waals surface area contributed by atoms with Crippen LogP contribution in [0.1, 0.15) is 103 Å². The number of guanidine groups is 1. The van der Waals surface area contributed by atoms with E-state index in [1.54, 1.807) is 45.9 Å². The third kappa shape index (κ3) is 25.8. The molecule has 2 aromatic carbocycles. The van der Waals surface area contributed by atoms with Crippen molar-refractivity contribution >= 4 is 87.8 Å². The van der Waals surface area contributed by atoms with E-state index in [4.69, 9.17) is 38.6 Å². The van der Waals surface area contributed by atoms with Crippen molar-refractivity contribution < 1.29 is 76.1 Å². The number of amides is 9. The number of non-ortho nitro benzene ring substituents is 1. The van der Waals surface area contributed by atoms with Crippen molar-refractivity contribution in [1.29, 1.82) is 0 Å². The average molecular weight is 1240 g/mol. The number of hydrogen-bond acceptors (Lipinski definition) is 18. The quantitative estimate of drug-likeness (QED) is 0.0104. The number of hydrogen-bond donors (Lipinski definition) is 14. The molecule has 1 heterocycles. The number of anilines is 2. The summed E-state index contributed by atoms with van der Waals surface area (Å²) in [6, 6.07) is 0.185. The second kappa shape index (κ2) is 35.8. The molecule has 1 fully saturated rings. The zero-order chi connectivity index (χ0) is 65.9. The number of para-hydroxylation sites is 1. The molecule has 2 aromatic rings. The first kappa shape index (κ1) is 73.7. The number of nitrogen functional groups attached to an aromatic ring is 1. The number of alkyl halides is 3. The van der Waals surface area contributed by atoms with Gasteiger partial charge in [0.1, 0.15) is 48.0 Å². The number of primary amides is 1. The van der Waals surface area contributed by atoms with Crippen LogP contribution >= 0.6 is 0 Å². The Morgan fingerprint density at radius 2 is 1.32 bits per heavy atom. The van der Waals surface area contributed by atoms with Crippen LogP contribution in [0.2, 0.25) is 0 Å². The summed E-state index contributed by atoms with van der Waals surface area (Å²) in [5.74, 6) is -10.5. The number of carbonyl (C=O) groups is 10. The highest BCUT2D eigenvalue weighted by atomic mass is 19.4. The molecule has 1 aliphatic rings. The van der Waals surface area contributed by atoms with E-state index in [0.717, 1.165) is 12.1 Å². The smallest absolute Gasteiger partial charge is 0.475 e. The Labute approximate surface area is 497 Å². The van der Waals surface area contributed by atoms with Gasteiger partial charge in [0.25, 0.3) is 17.3 Å². The lowest BCUT2D eigenvalue weighted by Gasteiger charge is -2.30. The second-order valence-corrected chi connectivity index (χ2v) is 20.8. The highest BCUT2D eigenvalue weighted by Crippen LogP contribution is 2.29. The van der Waals surface area contributed by atoms with E-state index in [1.165, 1.54) is 17.9 Å².